The Morgan fingerprint density at radius 1 is 1.00 bits per heavy atom. The predicted octanol–water partition coefficient (Wildman–Crippen LogP) is 5.66. The topological polar surface area (TPSA) is 9.23 Å². The average Bonchev–Trinajstić information content (AvgIpc) is 2.47. The van der Waals surface area contributed by atoms with Crippen LogP contribution in [0.5, 0.6) is 5.75 Å². The maximum absolute atomic E-state index is 6.20. The van der Waals surface area contributed by atoms with Crippen LogP contribution < -0.4 is 4.74 Å². The quantitative estimate of drug-likeness (QED) is 0.705. The van der Waals surface area contributed by atoms with Crippen LogP contribution in [0.25, 0.3) is 0 Å². The van der Waals surface area contributed by atoms with Crippen LogP contribution in [-0.2, 0) is 6.42 Å². The van der Waals surface area contributed by atoms with Crippen molar-refractivity contribution in [1.29, 1.82) is 0 Å². The molecule has 0 aliphatic heterocycles. The van der Waals surface area contributed by atoms with E-state index in [1.807, 2.05) is 45.0 Å². The number of aryl methyl sites for hydroxylation is 1. The first kappa shape index (κ1) is 16.6. The molecule has 0 aromatic heterocycles. The highest BCUT2D eigenvalue weighted by molar-refractivity contribution is 6.31. The molecule has 1 nitrogen and oxygen atoms in total. The summed E-state index contributed by atoms with van der Waals surface area (Å²) in [7, 11) is 0. The normalized spacial score (nSPS) is 9.65. The van der Waals surface area contributed by atoms with Gasteiger partial charge in [-0.05, 0) is 49.6 Å². The van der Waals surface area contributed by atoms with Crippen LogP contribution in [0.1, 0.15) is 37.5 Å². The van der Waals surface area contributed by atoms with Gasteiger partial charge in [-0.2, -0.15) is 0 Å². The second-order valence-corrected chi connectivity index (χ2v) is 4.76. The summed E-state index contributed by atoms with van der Waals surface area (Å²) in [6.07, 6.45) is 0.854. The fourth-order valence-corrected chi connectivity index (χ4v) is 2.11. The molecule has 0 amide bonds. The fourth-order valence-electron chi connectivity index (χ4n) is 1.93. The van der Waals surface area contributed by atoms with Crippen molar-refractivity contribution in [2.45, 2.75) is 34.1 Å². The first-order valence-corrected chi connectivity index (χ1v) is 7.53. The van der Waals surface area contributed by atoms with E-state index >= 15 is 0 Å². The Balaban J connectivity index is 0.000000956. The number of benzene rings is 2. The molecular formula is C18H23ClO. The number of rotatable bonds is 4. The Labute approximate surface area is 127 Å². The Morgan fingerprint density at radius 2 is 1.65 bits per heavy atom. The summed E-state index contributed by atoms with van der Waals surface area (Å²) in [6.45, 7) is 8.77. The molecule has 0 saturated carbocycles. The Bertz CT molecular complexity index is 517. The summed E-state index contributed by atoms with van der Waals surface area (Å²) >= 11 is 6.20. The minimum absolute atomic E-state index is 0.697. The van der Waals surface area contributed by atoms with Gasteiger partial charge in [0.05, 0.1) is 6.61 Å². The van der Waals surface area contributed by atoms with E-state index in [1.54, 1.807) is 0 Å². The van der Waals surface area contributed by atoms with Crippen LogP contribution in [0, 0.1) is 6.92 Å². The lowest BCUT2D eigenvalue weighted by atomic mass is 10.0. The molecule has 0 radical (unpaired) electrons. The maximum atomic E-state index is 6.20. The van der Waals surface area contributed by atoms with Crippen molar-refractivity contribution in [1.82, 2.24) is 0 Å². The number of ether oxygens (including phenoxy) is 1. The van der Waals surface area contributed by atoms with Crippen LogP contribution in [0.15, 0.2) is 42.5 Å². The molecule has 0 N–H and O–H groups in total. The van der Waals surface area contributed by atoms with Crippen molar-refractivity contribution >= 4 is 11.6 Å². The highest BCUT2D eigenvalue weighted by Gasteiger charge is 2.02. The van der Waals surface area contributed by atoms with Gasteiger partial charge in [0.25, 0.3) is 0 Å². The minimum Gasteiger partial charge on any atom is -0.494 e. The van der Waals surface area contributed by atoms with Crippen molar-refractivity contribution in [3.8, 4) is 5.75 Å². The van der Waals surface area contributed by atoms with Crippen LogP contribution in [-0.4, -0.2) is 6.61 Å². The molecule has 0 fully saturated rings. The Morgan fingerprint density at radius 3 is 2.25 bits per heavy atom. The van der Waals surface area contributed by atoms with Crippen molar-refractivity contribution in [2.75, 3.05) is 6.61 Å². The summed E-state index contributed by atoms with van der Waals surface area (Å²) < 4.78 is 5.43. The van der Waals surface area contributed by atoms with Gasteiger partial charge in [-0.25, -0.2) is 0 Å². The van der Waals surface area contributed by atoms with Crippen molar-refractivity contribution in [2.24, 2.45) is 0 Å². The fraction of sp³-hybridized carbons (Fsp3) is 0.333. The smallest absolute Gasteiger partial charge is 0.119 e. The molecule has 0 aliphatic carbocycles. The predicted molar refractivity (Wildman–Crippen MR) is 88.0 cm³/mol. The van der Waals surface area contributed by atoms with Crippen LogP contribution >= 0.6 is 11.6 Å². The molecule has 0 unspecified atom stereocenters. The van der Waals surface area contributed by atoms with Gasteiger partial charge < -0.3 is 4.74 Å². The van der Waals surface area contributed by atoms with E-state index in [0.717, 1.165) is 17.2 Å². The molecule has 0 heterocycles. The van der Waals surface area contributed by atoms with E-state index < -0.39 is 0 Å². The second-order valence-electron chi connectivity index (χ2n) is 4.35. The zero-order valence-electron chi connectivity index (χ0n) is 12.7. The van der Waals surface area contributed by atoms with Gasteiger partial charge in [0, 0.05) is 5.02 Å². The molecule has 0 aliphatic rings. The van der Waals surface area contributed by atoms with Gasteiger partial charge >= 0.3 is 0 Å². The van der Waals surface area contributed by atoms with Gasteiger partial charge in [0.15, 0.2) is 0 Å². The van der Waals surface area contributed by atoms with Crippen LogP contribution in [0.4, 0.5) is 0 Å². The van der Waals surface area contributed by atoms with Crippen molar-refractivity contribution < 1.29 is 4.74 Å². The largest absolute Gasteiger partial charge is 0.494 e. The lowest BCUT2D eigenvalue weighted by Crippen LogP contribution is -1.93. The van der Waals surface area contributed by atoms with Crippen molar-refractivity contribution in [3.05, 3.63) is 64.2 Å². The number of hydrogen-bond donors (Lipinski definition) is 0. The van der Waals surface area contributed by atoms with E-state index in [4.69, 9.17) is 16.3 Å². The zero-order chi connectivity index (χ0) is 15.0. The molecule has 0 atom stereocenters. The Hall–Kier alpha value is -1.47. The number of halogens is 1. The minimum atomic E-state index is 0.697. The Kier molecular flexibility index (Phi) is 7.17. The molecule has 2 aromatic carbocycles. The molecule has 2 heteroatoms. The summed E-state index contributed by atoms with van der Waals surface area (Å²) in [5.41, 5.74) is 3.65. The molecule has 20 heavy (non-hydrogen) atoms. The van der Waals surface area contributed by atoms with Gasteiger partial charge in [0.2, 0.25) is 0 Å². The molecule has 0 spiro atoms. The third kappa shape index (κ3) is 4.90. The SMILES string of the molecule is CC.CCOc1ccc(Cc2cc(C)ccc2Cl)cc1. The molecule has 0 saturated heterocycles. The molecule has 2 aromatic rings. The third-order valence-electron chi connectivity index (χ3n) is 2.83. The molecule has 108 valence electrons. The second kappa shape index (κ2) is 8.65. The highest BCUT2D eigenvalue weighted by Crippen LogP contribution is 2.22. The van der Waals surface area contributed by atoms with Gasteiger partial charge in [-0.1, -0.05) is 55.3 Å². The zero-order valence-corrected chi connectivity index (χ0v) is 13.5. The lowest BCUT2D eigenvalue weighted by molar-refractivity contribution is 0.340. The van der Waals surface area contributed by atoms with E-state index in [2.05, 4.69) is 25.1 Å². The molecule has 0 bridgehead atoms. The molecular weight excluding hydrogens is 268 g/mol. The van der Waals surface area contributed by atoms with Crippen molar-refractivity contribution in [3.63, 3.8) is 0 Å². The summed E-state index contributed by atoms with van der Waals surface area (Å²) in [5, 5.41) is 0.828. The summed E-state index contributed by atoms with van der Waals surface area (Å²) in [6, 6.07) is 14.3. The summed E-state index contributed by atoms with van der Waals surface area (Å²) in [4.78, 5) is 0. The van der Waals surface area contributed by atoms with Crippen LogP contribution in [0.3, 0.4) is 0 Å². The van der Waals surface area contributed by atoms with E-state index in [1.165, 1.54) is 16.7 Å². The first-order chi connectivity index (χ1) is 9.69. The van der Waals surface area contributed by atoms with Gasteiger partial charge in [-0.3, -0.25) is 0 Å². The van der Waals surface area contributed by atoms with Crippen LogP contribution in [0.2, 0.25) is 5.02 Å². The van der Waals surface area contributed by atoms with E-state index in [9.17, 15) is 0 Å². The monoisotopic (exact) mass is 290 g/mol. The number of hydrogen-bond acceptors (Lipinski definition) is 1. The van der Waals surface area contributed by atoms with Gasteiger partial charge in [0.1, 0.15) is 5.75 Å². The molecule has 2 rings (SSSR count). The summed E-state index contributed by atoms with van der Waals surface area (Å²) in [5.74, 6) is 0.914. The lowest BCUT2D eigenvalue weighted by Gasteiger charge is -2.07. The third-order valence-corrected chi connectivity index (χ3v) is 3.20. The maximum Gasteiger partial charge on any atom is 0.119 e. The first-order valence-electron chi connectivity index (χ1n) is 7.16. The average molecular weight is 291 g/mol. The van der Waals surface area contributed by atoms with E-state index in [-0.39, 0.29) is 0 Å². The highest BCUT2D eigenvalue weighted by atomic mass is 35.5. The standard InChI is InChI=1S/C16H17ClO.C2H6/c1-3-18-15-7-5-13(6-8-15)11-14-10-12(2)4-9-16(14)17;1-2/h4-10H,3,11H2,1-2H3;1-2H3. The van der Waals surface area contributed by atoms with E-state index in [0.29, 0.717) is 6.61 Å². The van der Waals surface area contributed by atoms with Gasteiger partial charge in [-0.15, -0.1) is 0 Å².